The van der Waals surface area contributed by atoms with Gasteiger partial charge in [-0.2, -0.15) is 0 Å². The molecule has 3 nitrogen and oxygen atoms in total. The van der Waals surface area contributed by atoms with Crippen LogP contribution < -0.4 is 0 Å². The second-order valence-electron chi connectivity index (χ2n) is 7.64. The minimum atomic E-state index is -1.83. The van der Waals surface area contributed by atoms with E-state index in [1.54, 1.807) is 19.2 Å². The number of pyridine rings is 1. The summed E-state index contributed by atoms with van der Waals surface area (Å²) in [5, 5.41) is 0.832. The quantitative estimate of drug-likeness (QED) is 0.717. The Bertz CT molecular complexity index is 845. The van der Waals surface area contributed by atoms with E-state index in [-0.39, 0.29) is 24.8 Å². The number of ether oxygens (including phenoxy) is 1. The monoisotopic (exact) mass is 359 g/mol. The van der Waals surface area contributed by atoms with Crippen LogP contribution in [0.2, 0.25) is 0 Å². The van der Waals surface area contributed by atoms with E-state index in [2.05, 4.69) is 4.98 Å². The Kier molecular flexibility index (Phi) is 4.20. The van der Waals surface area contributed by atoms with Crippen LogP contribution in [-0.2, 0) is 9.53 Å². The van der Waals surface area contributed by atoms with Crippen LogP contribution in [0.15, 0.2) is 30.5 Å². The Morgan fingerprint density at radius 3 is 2.65 bits per heavy atom. The van der Waals surface area contributed by atoms with Gasteiger partial charge in [-0.1, -0.05) is 0 Å². The molecule has 2 aliphatic carbocycles. The molecule has 26 heavy (non-hydrogen) atoms. The molecule has 0 bridgehead atoms. The molecule has 0 N–H and O–H groups in total. The fraction of sp³-hybridized carbons (Fsp3) is 0.524. The number of carbonyl (C=O) groups excluding carboxylic acids is 1. The summed E-state index contributed by atoms with van der Waals surface area (Å²) in [7, 11) is 0. The van der Waals surface area contributed by atoms with Gasteiger partial charge in [0.05, 0.1) is 12.1 Å². The Morgan fingerprint density at radius 2 is 2.00 bits per heavy atom. The number of benzene rings is 1. The number of hydrogen-bond donors (Lipinski definition) is 0. The number of hydrogen-bond acceptors (Lipinski definition) is 3. The molecular formula is C21H23F2NO2. The molecule has 1 heterocycles. The van der Waals surface area contributed by atoms with Crippen LogP contribution in [0.4, 0.5) is 8.78 Å². The van der Waals surface area contributed by atoms with Crippen molar-refractivity contribution < 1.29 is 18.3 Å². The number of carbonyl (C=O) groups is 1. The van der Waals surface area contributed by atoms with E-state index in [0.717, 1.165) is 35.7 Å². The van der Waals surface area contributed by atoms with Gasteiger partial charge >= 0.3 is 5.97 Å². The molecule has 2 fully saturated rings. The summed E-state index contributed by atoms with van der Waals surface area (Å²) in [6.45, 7) is 1.91. The largest absolute Gasteiger partial charge is 0.464 e. The van der Waals surface area contributed by atoms with Gasteiger partial charge in [-0.3, -0.25) is 4.98 Å². The molecule has 2 aliphatic rings. The van der Waals surface area contributed by atoms with Gasteiger partial charge in [0.2, 0.25) is 5.67 Å². The van der Waals surface area contributed by atoms with Gasteiger partial charge in [-0.15, -0.1) is 0 Å². The minimum absolute atomic E-state index is 0.206. The SMILES string of the molecule is CCOC(=O)[C@@]1(F)CCC12CCC(c1ccnc3ccc(F)cc13)CC2. The van der Waals surface area contributed by atoms with E-state index < -0.39 is 17.1 Å². The molecule has 2 aromatic rings. The van der Waals surface area contributed by atoms with Crippen molar-refractivity contribution >= 4 is 16.9 Å². The summed E-state index contributed by atoms with van der Waals surface area (Å²) < 4.78 is 34.0. The number of rotatable bonds is 3. The molecular weight excluding hydrogens is 336 g/mol. The Labute approximate surface area is 151 Å². The second-order valence-corrected chi connectivity index (χ2v) is 7.64. The number of fused-ring (bicyclic) bond motifs is 1. The first-order valence-electron chi connectivity index (χ1n) is 9.39. The second kappa shape index (κ2) is 6.29. The molecule has 5 heteroatoms. The van der Waals surface area contributed by atoms with Crippen LogP contribution in [0.3, 0.4) is 0 Å². The van der Waals surface area contributed by atoms with Crippen LogP contribution in [0.1, 0.15) is 56.9 Å². The molecule has 4 rings (SSSR count). The highest BCUT2D eigenvalue weighted by Crippen LogP contribution is 2.62. The predicted octanol–water partition coefficient (Wildman–Crippen LogP) is 5.08. The van der Waals surface area contributed by atoms with Gasteiger partial charge in [0.25, 0.3) is 0 Å². The van der Waals surface area contributed by atoms with Crippen LogP contribution in [0.25, 0.3) is 10.9 Å². The van der Waals surface area contributed by atoms with Crippen LogP contribution in [-0.4, -0.2) is 23.2 Å². The molecule has 1 aromatic heterocycles. The topological polar surface area (TPSA) is 39.2 Å². The number of esters is 1. The van der Waals surface area contributed by atoms with Crippen LogP contribution in [0.5, 0.6) is 0 Å². The lowest BCUT2D eigenvalue weighted by Gasteiger charge is -2.55. The van der Waals surface area contributed by atoms with Crippen molar-refractivity contribution in [2.75, 3.05) is 6.61 Å². The third-order valence-corrected chi connectivity index (χ3v) is 6.51. The van der Waals surface area contributed by atoms with Crippen molar-refractivity contribution in [3.8, 4) is 0 Å². The summed E-state index contributed by atoms with van der Waals surface area (Å²) in [4.78, 5) is 16.4. The van der Waals surface area contributed by atoms with Crippen molar-refractivity contribution in [3.63, 3.8) is 0 Å². The molecule has 0 unspecified atom stereocenters. The van der Waals surface area contributed by atoms with Crippen molar-refractivity contribution in [3.05, 3.63) is 41.8 Å². The average Bonchev–Trinajstić information content (AvgIpc) is 2.66. The summed E-state index contributed by atoms with van der Waals surface area (Å²) >= 11 is 0. The molecule has 0 aliphatic heterocycles. The molecule has 0 radical (unpaired) electrons. The molecule has 1 spiro atoms. The van der Waals surface area contributed by atoms with Crippen molar-refractivity contribution in [1.29, 1.82) is 0 Å². The number of alkyl halides is 1. The average molecular weight is 359 g/mol. The number of nitrogens with zero attached hydrogens (tertiary/aromatic N) is 1. The van der Waals surface area contributed by atoms with Gasteiger partial charge in [-0.25, -0.2) is 13.6 Å². The summed E-state index contributed by atoms with van der Waals surface area (Å²) in [5.74, 6) is -0.732. The lowest BCUT2D eigenvalue weighted by Crippen LogP contribution is -2.60. The van der Waals surface area contributed by atoms with Crippen molar-refractivity contribution in [2.24, 2.45) is 5.41 Å². The van der Waals surface area contributed by atoms with E-state index in [1.807, 2.05) is 6.07 Å². The molecule has 1 atom stereocenters. The molecule has 2 saturated carbocycles. The summed E-state index contributed by atoms with van der Waals surface area (Å²) in [6.07, 6.45) is 5.65. The highest BCUT2D eigenvalue weighted by atomic mass is 19.1. The zero-order valence-corrected chi connectivity index (χ0v) is 14.9. The summed E-state index contributed by atoms with van der Waals surface area (Å²) in [6, 6.07) is 6.58. The highest BCUT2D eigenvalue weighted by Gasteiger charge is 2.65. The fourth-order valence-electron chi connectivity index (χ4n) is 4.89. The van der Waals surface area contributed by atoms with Crippen LogP contribution >= 0.6 is 0 Å². The Morgan fingerprint density at radius 1 is 1.23 bits per heavy atom. The van der Waals surface area contributed by atoms with Crippen molar-refractivity contribution in [2.45, 2.75) is 57.0 Å². The maximum atomic E-state index is 15.3. The first kappa shape index (κ1) is 17.4. The van der Waals surface area contributed by atoms with Gasteiger partial charge in [0.15, 0.2) is 0 Å². The standard InChI is InChI=1S/C21H23F2NO2/c1-2-26-19(25)21(23)11-10-20(21)8-5-14(6-9-20)16-7-12-24-18-4-3-15(22)13-17(16)18/h3-4,7,12-14H,2,5-6,8-11H2,1H3/t14?,20?,21-/m0/s1. The first-order chi connectivity index (χ1) is 12.5. The maximum absolute atomic E-state index is 15.3. The zero-order chi connectivity index (χ0) is 18.4. The van der Waals surface area contributed by atoms with E-state index >= 15 is 4.39 Å². The lowest BCUT2D eigenvalue weighted by molar-refractivity contribution is -0.193. The van der Waals surface area contributed by atoms with E-state index in [1.165, 1.54) is 12.1 Å². The van der Waals surface area contributed by atoms with Crippen LogP contribution in [0, 0.1) is 11.2 Å². The highest BCUT2D eigenvalue weighted by molar-refractivity contribution is 5.83. The molecule has 0 saturated heterocycles. The first-order valence-corrected chi connectivity index (χ1v) is 9.39. The molecule has 138 valence electrons. The minimum Gasteiger partial charge on any atom is -0.464 e. The van der Waals surface area contributed by atoms with Gasteiger partial charge < -0.3 is 4.74 Å². The molecule has 0 amide bonds. The van der Waals surface area contributed by atoms with Gasteiger partial charge in [0.1, 0.15) is 5.82 Å². The smallest absolute Gasteiger partial charge is 0.344 e. The maximum Gasteiger partial charge on any atom is 0.344 e. The zero-order valence-electron chi connectivity index (χ0n) is 14.9. The van der Waals surface area contributed by atoms with Gasteiger partial charge in [0, 0.05) is 17.0 Å². The summed E-state index contributed by atoms with van der Waals surface area (Å²) in [5.41, 5.74) is -0.562. The Balaban J connectivity index is 1.56. The third-order valence-electron chi connectivity index (χ3n) is 6.51. The van der Waals surface area contributed by atoms with E-state index in [9.17, 15) is 9.18 Å². The lowest BCUT2D eigenvalue weighted by atomic mass is 9.50. The number of aromatic nitrogens is 1. The van der Waals surface area contributed by atoms with E-state index in [0.29, 0.717) is 12.8 Å². The third kappa shape index (κ3) is 2.51. The Hall–Kier alpha value is -2.04. The van der Waals surface area contributed by atoms with E-state index in [4.69, 9.17) is 4.74 Å². The van der Waals surface area contributed by atoms with Crippen molar-refractivity contribution in [1.82, 2.24) is 4.98 Å². The molecule has 1 aromatic carbocycles. The fourth-order valence-corrected chi connectivity index (χ4v) is 4.89. The van der Waals surface area contributed by atoms with Gasteiger partial charge in [-0.05, 0) is 81.2 Å². The number of halogens is 2. The predicted molar refractivity (Wildman–Crippen MR) is 95.0 cm³/mol. The normalized spacial score (nSPS) is 31.0.